The highest BCUT2D eigenvalue weighted by atomic mass is 35.5. The fourth-order valence-corrected chi connectivity index (χ4v) is 2.19. The molecule has 0 bridgehead atoms. The maximum absolute atomic E-state index is 13.2. The van der Waals surface area contributed by atoms with Crippen LogP contribution in [0, 0.1) is 11.6 Å². The van der Waals surface area contributed by atoms with Crippen molar-refractivity contribution in [2.75, 3.05) is 6.54 Å². The molecular formula is C15H14ClF2N. The lowest BCUT2D eigenvalue weighted by Gasteiger charge is -2.08. The van der Waals surface area contributed by atoms with E-state index in [1.54, 1.807) is 6.07 Å². The molecule has 2 aromatic carbocycles. The van der Waals surface area contributed by atoms with E-state index in [9.17, 15) is 8.78 Å². The van der Waals surface area contributed by atoms with E-state index in [-0.39, 0.29) is 0 Å². The summed E-state index contributed by atoms with van der Waals surface area (Å²) in [7, 11) is 0. The molecule has 0 aromatic heterocycles. The van der Waals surface area contributed by atoms with Gasteiger partial charge in [-0.3, -0.25) is 0 Å². The Morgan fingerprint density at radius 3 is 2.32 bits per heavy atom. The number of nitrogens with one attached hydrogen (secondary N) is 1. The average molecular weight is 282 g/mol. The summed E-state index contributed by atoms with van der Waals surface area (Å²) < 4.78 is 26.4. The number of hydrogen-bond acceptors (Lipinski definition) is 1. The molecule has 0 amide bonds. The molecule has 0 radical (unpaired) electrons. The Bertz CT molecular complexity index is 564. The van der Waals surface area contributed by atoms with Gasteiger partial charge in [0.05, 0.1) is 0 Å². The van der Waals surface area contributed by atoms with E-state index in [1.807, 2.05) is 19.1 Å². The normalized spacial score (nSPS) is 10.7. The van der Waals surface area contributed by atoms with Crippen molar-refractivity contribution in [2.45, 2.75) is 13.5 Å². The third-order valence-electron chi connectivity index (χ3n) is 2.79. The van der Waals surface area contributed by atoms with Crippen molar-refractivity contribution in [3.63, 3.8) is 0 Å². The van der Waals surface area contributed by atoms with Crippen molar-refractivity contribution in [3.05, 3.63) is 58.6 Å². The summed E-state index contributed by atoms with van der Waals surface area (Å²) in [5.41, 5.74) is 2.10. The van der Waals surface area contributed by atoms with E-state index in [0.717, 1.165) is 18.2 Å². The Hall–Kier alpha value is -1.45. The lowest BCUT2D eigenvalue weighted by atomic mass is 10.0. The van der Waals surface area contributed by atoms with Crippen molar-refractivity contribution in [1.82, 2.24) is 5.32 Å². The van der Waals surface area contributed by atoms with Crippen molar-refractivity contribution < 1.29 is 8.78 Å². The van der Waals surface area contributed by atoms with Gasteiger partial charge < -0.3 is 5.32 Å². The lowest BCUT2D eigenvalue weighted by molar-refractivity contribution is 0.584. The minimum atomic E-state index is -0.609. The first-order valence-electron chi connectivity index (χ1n) is 6.05. The molecule has 0 atom stereocenters. The first-order chi connectivity index (χ1) is 9.10. The molecule has 0 aliphatic rings. The maximum atomic E-state index is 13.2. The van der Waals surface area contributed by atoms with Crippen molar-refractivity contribution in [1.29, 1.82) is 0 Å². The Kier molecular flexibility index (Phi) is 4.51. The van der Waals surface area contributed by atoms with Crippen LogP contribution in [0.5, 0.6) is 0 Å². The molecule has 0 saturated heterocycles. The third-order valence-corrected chi connectivity index (χ3v) is 3.10. The lowest BCUT2D eigenvalue weighted by Crippen LogP contribution is -2.11. The van der Waals surface area contributed by atoms with Gasteiger partial charge in [0, 0.05) is 23.2 Å². The summed E-state index contributed by atoms with van der Waals surface area (Å²) in [5.74, 6) is -1.22. The highest BCUT2D eigenvalue weighted by molar-refractivity contribution is 6.33. The monoisotopic (exact) mass is 281 g/mol. The quantitative estimate of drug-likeness (QED) is 0.876. The SMILES string of the molecule is CCNCc1ccc(-c2cc(F)cc(F)c2)c(Cl)c1. The van der Waals surface area contributed by atoms with Gasteiger partial charge >= 0.3 is 0 Å². The van der Waals surface area contributed by atoms with Gasteiger partial charge in [-0.15, -0.1) is 0 Å². The van der Waals surface area contributed by atoms with E-state index in [4.69, 9.17) is 11.6 Å². The second kappa shape index (κ2) is 6.13. The van der Waals surface area contributed by atoms with Gasteiger partial charge in [-0.1, -0.05) is 30.7 Å². The van der Waals surface area contributed by atoms with Gasteiger partial charge in [0.15, 0.2) is 0 Å². The van der Waals surface area contributed by atoms with Crippen LogP contribution in [0.1, 0.15) is 12.5 Å². The van der Waals surface area contributed by atoms with Crippen LogP contribution < -0.4 is 5.32 Å². The fraction of sp³-hybridized carbons (Fsp3) is 0.200. The van der Waals surface area contributed by atoms with Crippen LogP contribution in [0.4, 0.5) is 8.78 Å². The van der Waals surface area contributed by atoms with Crippen molar-refractivity contribution >= 4 is 11.6 Å². The highest BCUT2D eigenvalue weighted by Gasteiger charge is 2.07. The molecule has 19 heavy (non-hydrogen) atoms. The van der Waals surface area contributed by atoms with E-state index >= 15 is 0 Å². The predicted molar refractivity (Wildman–Crippen MR) is 74.2 cm³/mol. The fourth-order valence-electron chi connectivity index (χ4n) is 1.88. The number of halogens is 3. The molecule has 2 aromatic rings. The topological polar surface area (TPSA) is 12.0 Å². The van der Waals surface area contributed by atoms with Gasteiger partial charge in [-0.25, -0.2) is 8.78 Å². The number of rotatable bonds is 4. The largest absolute Gasteiger partial charge is 0.313 e. The Labute approximate surface area is 116 Å². The van der Waals surface area contributed by atoms with E-state index in [0.29, 0.717) is 22.7 Å². The third kappa shape index (κ3) is 3.52. The summed E-state index contributed by atoms with van der Waals surface area (Å²) in [6.07, 6.45) is 0. The highest BCUT2D eigenvalue weighted by Crippen LogP contribution is 2.29. The second-order valence-corrected chi connectivity index (χ2v) is 4.66. The van der Waals surface area contributed by atoms with Crippen LogP contribution in [0.15, 0.2) is 36.4 Å². The molecule has 100 valence electrons. The van der Waals surface area contributed by atoms with Crippen LogP contribution in [0.3, 0.4) is 0 Å². The molecule has 0 aliphatic heterocycles. The Morgan fingerprint density at radius 1 is 1.05 bits per heavy atom. The molecule has 0 spiro atoms. The number of hydrogen-bond donors (Lipinski definition) is 1. The van der Waals surface area contributed by atoms with E-state index < -0.39 is 11.6 Å². The molecule has 1 N–H and O–H groups in total. The molecule has 0 fully saturated rings. The maximum Gasteiger partial charge on any atom is 0.126 e. The van der Waals surface area contributed by atoms with Crippen molar-refractivity contribution in [3.8, 4) is 11.1 Å². The van der Waals surface area contributed by atoms with Gasteiger partial charge in [0.25, 0.3) is 0 Å². The molecule has 0 aliphatic carbocycles. The molecule has 4 heteroatoms. The first-order valence-corrected chi connectivity index (χ1v) is 6.43. The van der Waals surface area contributed by atoms with Gasteiger partial charge in [0.2, 0.25) is 0 Å². The summed E-state index contributed by atoms with van der Waals surface area (Å²) in [4.78, 5) is 0. The molecule has 1 nitrogen and oxygen atoms in total. The van der Waals surface area contributed by atoms with Gasteiger partial charge in [0.1, 0.15) is 11.6 Å². The van der Waals surface area contributed by atoms with Crippen LogP contribution >= 0.6 is 11.6 Å². The zero-order chi connectivity index (χ0) is 13.8. The van der Waals surface area contributed by atoms with Gasteiger partial charge in [-0.05, 0) is 35.9 Å². The summed E-state index contributed by atoms with van der Waals surface area (Å²) >= 11 is 6.17. The summed E-state index contributed by atoms with van der Waals surface area (Å²) in [5, 5.41) is 3.68. The Balaban J connectivity index is 2.34. The molecule has 2 rings (SSSR count). The van der Waals surface area contributed by atoms with E-state index in [2.05, 4.69) is 5.32 Å². The molecular weight excluding hydrogens is 268 g/mol. The smallest absolute Gasteiger partial charge is 0.126 e. The number of benzene rings is 2. The van der Waals surface area contributed by atoms with Crippen LogP contribution in [0.2, 0.25) is 5.02 Å². The molecule has 0 unspecified atom stereocenters. The van der Waals surface area contributed by atoms with Crippen molar-refractivity contribution in [2.24, 2.45) is 0 Å². The molecule has 0 heterocycles. The van der Waals surface area contributed by atoms with E-state index in [1.165, 1.54) is 12.1 Å². The minimum Gasteiger partial charge on any atom is -0.313 e. The summed E-state index contributed by atoms with van der Waals surface area (Å²) in [6.45, 7) is 3.61. The van der Waals surface area contributed by atoms with Gasteiger partial charge in [-0.2, -0.15) is 0 Å². The Morgan fingerprint density at radius 2 is 1.74 bits per heavy atom. The van der Waals surface area contributed by atoms with Crippen LogP contribution in [0.25, 0.3) is 11.1 Å². The standard InChI is InChI=1S/C15H14ClF2N/c1-2-19-9-10-3-4-14(15(16)5-10)11-6-12(17)8-13(18)7-11/h3-8,19H,2,9H2,1H3. The first kappa shape index (κ1) is 14.0. The second-order valence-electron chi connectivity index (χ2n) is 4.25. The average Bonchev–Trinajstić information content (AvgIpc) is 2.35. The predicted octanol–water partition coefficient (Wildman–Crippen LogP) is 4.39. The summed E-state index contributed by atoms with van der Waals surface area (Å²) in [6, 6.07) is 8.87. The van der Waals surface area contributed by atoms with Crippen LogP contribution in [-0.4, -0.2) is 6.54 Å². The zero-order valence-corrected chi connectivity index (χ0v) is 11.3. The molecule has 0 saturated carbocycles. The zero-order valence-electron chi connectivity index (χ0n) is 10.5. The minimum absolute atomic E-state index is 0.442. The van der Waals surface area contributed by atoms with Crippen LogP contribution in [-0.2, 0) is 6.54 Å².